The number of aromatic amines is 1. The topological polar surface area (TPSA) is 83.0 Å². The van der Waals surface area contributed by atoms with Crippen molar-refractivity contribution in [2.75, 3.05) is 11.3 Å². The molecule has 0 saturated heterocycles. The number of aromatic nitrogens is 3. The van der Waals surface area contributed by atoms with Gasteiger partial charge in [-0.05, 0) is 17.7 Å². The van der Waals surface area contributed by atoms with Crippen LogP contribution < -0.4 is 28.4 Å². The van der Waals surface area contributed by atoms with Gasteiger partial charge in [0.2, 0.25) is 5.82 Å². The summed E-state index contributed by atoms with van der Waals surface area (Å²) < 4.78 is 38.8. The van der Waals surface area contributed by atoms with Crippen molar-refractivity contribution in [3.05, 3.63) is 41.2 Å². The molecule has 2 aromatic rings. The summed E-state index contributed by atoms with van der Waals surface area (Å²) in [7, 11) is 0. The second-order valence-electron chi connectivity index (χ2n) is 4.00. The van der Waals surface area contributed by atoms with Gasteiger partial charge < -0.3 is 12.4 Å². The second kappa shape index (κ2) is 6.44. The zero-order valence-corrected chi connectivity index (χ0v) is 11.6. The maximum absolute atomic E-state index is 12.5. The molecule has 1 heterocycles. The molecule has 4 N–H and O–H groups in total. The van der Waals surface area contributed by atoms with E-state index < -0.39 is 11.7 Å². The Morgan fingerprint density at radius 2 is 2.14 bits per heavy atom. The molecule has 0 amide bonds. The van der Waals surface area contributed by atoms with Gasteiger partial charge in [-0.2, -0.15) is 23.7 Å². The largest absolute Gasteiger partial charge is 1.00 e. The molecule has 0 fully saturated rings. The number of nitrogen functional groups attached to an aromatic ring is 1. The van der Waals surface area contributed by atoms with Crippen LogP contribution in [0.5, 0.6) is 0 Å². The number of nitrogens with zero attached hydrogens (tertiary/aromatic N) is 3. The number of halogens is 4. The SMILES string of the molecule is Cc1[nH]nc(NN=Cc2cccc(C(F)(F)F)c2)[n+]1N.[Cl-]. The number of alkyl halides is 3. The van der Waals surface area contributed by atoms with Gasteiger partial charge in [-0.1, -0.05) is 12.1 Å². The third-order valence-corrected chi connectivity index (χ3v) is 2.51. The molecule has 0 atom stereocenters. The van der Waals surface area contributed by atoms with Gasteiger partial charge in [0.15, 0.2) is 0 Å². The van der Waals surface area contributed by atoms with Gasteiger partial charge in [-0.15, -0.1) is 9.78 Å². The number of rotatable bonds is 3. The molecule has 0 bridgehead atoms. The Morgan fingerprint density at radius 3 is 2.71 bits per heavy atom. The lowest BCUT2D eigenvalue weighted by molar-refractivity contribution is -0.631. The van der Waals surface area contributed by atoms with Crippen LogP contribution in [0.25, 0.3) is 0 Å². The van der Waals surface area contributed by atoms with E-state index in [4.69, 9.17) is 5.84 Å². The molecule has 10 heteroatoms. The average molecular weight is 321 g/mol. The molecule has 1 aromatic heterocycles. The van der Waals surface area contributed by atoms with Crippen molar-refractivity contribution in [2.45, 2.75) is 13.1 Å². The Hall–Kier alpha value is -2.29. The standard InChI is InChI=1S/C11H11F3N6.ClH/c1-7-17-19-10(20(7)15)18-16-6-8-3-2-4-9(5-8)11(12,13)14;/h2-6H,15H2,1H3,(H,18,19);1H. The van der Waals surface area contributed by atoms with Crippen molar-refractivity contribution in [1.82, 2.24) is 10.2 Å². The number of anilines is 1. The number of nitrogens with two attached hydrogens (primary N) is 1. The zero-order chi connectivity index (χ0) is 14.8. The predicted molar refractivity (Wildman–Crippen MR) is 66.3 cm³/mol. The maximum Gasteiger partial charge on any atom is 0.421 e. The summed E-state index contributed by atoms with van der Waals surface area (Å²) in [5.41, 5.74) is 2.10. The summed E-state index contributed by atoms with van der Waals surface area (Å²) >= 11 is 0. The Kier molecular flexibility index (Phi) is 5.14. The second-order valence-corrected chi connectivity index (χ2v) is 4.00. The van der Waals surface area contributed by atoms with Gasteiger partial charge in [0.05, 0.1) is 11.8 Å². The fourth-order valence-corrected chi connectivity index (χ4v) is 1.44. The van der Waals surface area contributed by atoms with Gasteiger partial charge in [0.1, 0.15) is 0 Å². The summed E-state index contributed by atoms with van der Waals surface area (Å²) in [5.74, 6) is 6.44. The minimum Gasteiger partial charge on any atom is -1.00 e. The molecule has 21 heavy (non-hydrogen) atoms. The van der Waals surface area contributed by atoms with Gasteiger partial charge in [-0.25, -0.2) is 0 Å². The van der Waals surface area contributed by atoms with Crippen molar-refractivity contribution in [2.24, 2.45) is 5.10 Å². The Bertz CT molecular complexity index is 637. The van der Waals surface area contributed by atoms with Gasteiger partial charge >= 0.3 is 12.1 Å². The molecule has 0 spiro atoms. The van der Waals surface area contributed by atoms with E-state index in [-0.39, 0.29) is 18.4 Å². The molecule has 2 rings (SSSR count). The summed E-state index contributed by atoms with van der Waals surface area (Å²) in [6.07, 6.45) is -3.13. The normalized spacial score (nSPS) is 11.4. The lowest BCUT2D eigenvalue weighted by Gasteiger charge is -2.06. The molecule has 0 aliphatic rings. The van der Waals surface area contributed by atoms with Crippen LogP contribution in [-0.2, 0) is 6.18 Å². The van der Waals surface area contributed by atoms with Crippen molar-refractivity contribution < 1.29 is 30.3 Å². The summed E-state index contributed by atoms with van der Waals surface area (Å²) in [6.45, 7) is 1.70. The van der Waals surface area contributed by atoms with Crippen LogP contribution in [0.2, 0.25) is 0 Å². The predicted octanol–water partition coefficient (Wildman–Crippen LogP) is -1.81. The van der Waals surface area contributed by atoms with Crippen molar-refractivity contribution in [3.8, 4) is 0 Å². The van der Waals surface area contributed by atoms with E-state index in [9.17, 15) is 13.2 Å². The van der Waals surface area contributed by atoms with E-state index >= 15 is 0 Å². The van der Waals surface area contributed by atoms with Crippen LogP contribution in [0.4, 0.5) is 19.1 Å². The number of aryl methyl sites for hydroxylation is 1. The van der Waals surface area contributed by atoms with Crippen LogP contribution >= 0.6 is 0 Å². The van der Waals surface area contributed by atoms with Crippen LogP contribution in [-0.4, -0.2) is 16.4 Å². The van der Waals surface area contributed by atoms with Crippen molar-refractivity contribution in [3.63, 3.8) is 0 Å². The fraction of sp³-hybridized carbons (Fsp3) is 0.182. The van der Waals surface area contributed by atoms with Crippen LogP contribution in [0.1, 0.15) is 17.0 Å². The number of H-pyrrole nitrogens is 1. The van der Waals surface area contributed by atoms with Gasteiger partial charge in [0, 0.05) is 12.0 Å². The molecular formula is C11H12ClF3N6. The quantitative estimate of drug-likeness (QED) is 0.270. The first-order valence-corrected chi connectivity index (χ1v) is 5.56. The number of hydrogen-bond acceptors (Lipinski definition) is 4. The first-order valence-electron chi connectivity index (χ1n) is 5.56. The molecule has 0 aliphatic heterocycles. The highest BCUT2D eigenvalue weighted by Crippen LogP contribution is 2.29. The van der Waals surface area contributed by atoms with E-state index in [1.807, 2.05) is 0 Å². The average Bonchev–Trinajstić information content (AvgIpc) is 2.70. The van der Waals surface area contributed by atoms with E-state index in [2.05, 4.69) is 20.7 Å². The highest BCUT2D eigenvalue weighted by atomic mass is 35.5. The lowest BCUT2D eigenvalue weighted by Crippen LogP contribution is -3.00. The monoisotopic (exact) mass is 320 g/mol. The molecule has 114 valence electrons. The summed E-state index contributed by atoms with van der Waals surface area (Å²) in [6, 6.07) is 4.81. The molecular weight excluding hydrogens is 309 g/mol. The molecule has 6 nitrogen and oxygen atoms in total. The lowest BCUT2D eigenvalue weighted by atomic mass is 10.1. The highest BCUT2D eigenvalue weighted by Gasteiger charge is 2.30. The van der Waals surface area contributed by atoms with E-state index in [0.29, 0.717) is 11.4 Å². The van der Waals surface area contributed by atoms with Crippen molar-refractivity contribution in [1.29, 1.82) is 0 Å². The Balaban J connectivity index is 0.00000220. The smallest absolute Gasteiger partial charge is 0.421 e. The highest BCUT2D eigenvalue weighted by molar-refractivity contribution is 5.80. The van der Waals surface area contributed by atoms with Crippen LogP contribution in [0.15, 0.2) is 29.4 Å². The van der Waals surface area contributed by atoms with E-state index in [1.165, 1.54) is 23.0 Å². The Morgan fingerprint density at radius 1 is 1.43 bits per heavy atom. The van der Waals surface area contributed by atoms with E-state index in [0.717, 1.165) is 12.1 Å². The fourth-order valence-electron chi connectivity index (χ4n) is 1.44. The van der Waals surface area contributed by atoms with Gasteiger partial charge in [0.25, 0.3) is 0 Å². The number of hydrazone groups is 1. The molecule has 0 radical (unpaired) electrons. The molecule has 1 aromatic carbocycles. The summed E-state index contributed by atoms with van der Waals surface area (Å²) in [4.78, 5) is 0. The Labute approximate surface area is 124 Å². The van der Waals surface area contributed by atoms with Gasteiger partial charge in [-0.3, -0.25) is 5.84 Å². The number of benzene rings is 1. The number of nitrogens with one attached hydrogen (secondary N) is 2. The first-order chi connectivity index (χ1) is 9.38. The molecule has 0 unspecified atom stereocenters. The minimum atomic E-state index is -4.38. The number of hydrogen-bond donors (Lipinski definition) is 3. The van der Waals surface area contributed by atoms with Crippen LogP contribution in [0.3, 0.4) is 0 Å². The maximum atomic E-state index is 12.5. The molecule has 0 saturated carbocycles. The minimum absolute atomic E-state index is 0. The third-order valence-electron chi connectivity index (χ3n) is 2.51. The zero-order valence-electron chi connectivity index (χ0n) is 10.8. The van der Waals surface area contributed by atoms with Crippen molar-refractivity contribution >= 4 is 12.2 Å². The summed E-state index contributed by atoms with van der Waals surface area (Å²) in [5, 5.41) is 10.2. The van der Waals surface area contributed by atoms with Crippen LogP contribution in [0, 0.1) is 6.92 Å². The molecule has 0 aliphatic carbocycles. The third kappa shape index (κ3) is 4.09. The van der Waals surface area contributed by atoms with E-state index in [1.54, 1.807) is 6.92 Å². The first kappa shape index (κ1) is 16.8.